The zero-order chi connectivity index (χ0) is 12.5. The first-order valence-electron chi connectivity index (χ1n) is 6.55. The number of hydrogen-bond acceptors (Lipinski definition) is 4. The third-order valence-corrected chi connectivity index (χ3v) is 3.65. The van der Waals surface area contributed by atoms with Crippen molar-refractivity contribution in [2.45, 2.75) is 44.7 Å². The number of nitrogens with one attached hydrogen (secondary N) is 1. The molecule has 5 nitrogen and oxygen atoms in total. The van der Waals surface area contributed by atoms with Crippen molar-refractivity contribution >= 4 is 11.5 Å². The average molecular weight is 245 g/mol. The fourth-order valence-electron chi connectivity index (χ4n) is 2.63. The first-order valence-corrected chi connectivity index (χ1v) is 6.55. The molecular weight excluding hydrogens is 226 g/mol. The van der Waals surface area contributed by atoms with Gasteiger partial charge in [0.25, 0.3) is 0 Å². The van der Waals surface area contributed by atoms with Crippen molar-refractivity contribution in [2.24, 2.45) is 5.73 Å². The highest BCUT2D eigenvalue weighted by Gasteiger charge is 2.19. The van der Waals surface area contributed by atoms with Crippen molar-refractivity contribution in [1.82, 2.24) is 14.6 Å². The lowest BCUT2D eigenvalue weighted by Crippen LogP contribution is -2.33. The minimum Gasteiger partial charge on any atom is -0.367 e. The number of fused-ring (bicyclic) bond motifs is 1. The number of rotatable bonds is 2. The minimum absolute atomic E-state index is 0.381. The van der Waals surface area contributed by atoms with Gasteiger partial charge in [-0.25, -0.2) is 4.98 Å². The maximum atomic E-state index is 5.93. The molecule has 1 aliphatic carbocycles. The Kier molecular flexibility index (Phi) is 2.91. The topological polar surface area (TPSA) is 68.2 Å². The molecule has 5 heteroatoms. The first-order chi connectivity index (χ1) is 8.72. The van der Waals surface area contributed by atoms with E-state index in [1.807, 2.05) is 10.6 Å². The van der Waals surface area contributed by atoms with E-state index in [2.05, 4.69) is 28.4 Å². The highest BCUT2D eigenvalue weighted by atomic mass is 15.3. The van der Waals surface area contributed by atoms with Crippen LogP contribution in [0.1, 0.15) is 31.2 Å². The number of aryl methyl sites for hydroxylation is 1. The van der Waals surface area contributed by atoms with Crippen LogP contribution < -0.4 is 11.1 Å². The van der Waals surface area contributed by atoms with Gasteiger partial charge < -0.3 is 11.1 Å². The molecular formula is C13H19N5. The summed E-state index contributed by atoms with van der Waals surface area (Å²) in [7, 11) is 0. The summed E-state index contributed by atoms with van der Waals surface area (Å²) in [6.07, 6.45) is 6.06. The predicted octanol–water partition coefficient (Wildman–Crippen LogP) is 1.72. The van der Waals surface area contributed by atoms with Gasteiger partial charge in [-0.1, -0.05) is 0 Å². The molecule has 0 aromatic carbocycles. The molecule has 2 aromatic rings. The second-order valence-electron chi connectivity index (χ2n) is 5.20. The lowest BCUT2D eigenvalue weighted by Gasteiger charge is -2.27. The molecule has 18 heavy (non-hydrogen) atoms. The Morgan fingerprint density at radius 1 is 1.28 bits per heavy atom. The molecule has 2 heterocycles. The van der Waals surface area contributed by atoms with Crippen LogP contribution in [-0.2, 0) is 0 Å². The van der Waals surface area contributed by atoms with Crippen molar-refractivity contribution in [3.8, 4) is 0 Å². The van der Waals surface area contributed by atoms with Gasteiger partial charge in [0.15, 0.2) is 5.65 Å². The van der Waals surface area contributed by atoms with Gasteiger partial charge in [-0.3, -0.25) is 0 Å². The first kappa shape index (κ1) is 11.5. The largest absolute Gasteiger partial charge is 0.367 e. The summed E-state index contributed by atoms with van der Waals surface area (Å²) in [6, 6.07) is 5.04. The van der Waals surface area contributed by atoms with E-state index in [1.54, 1.807) is 6.33 Å². The average Bonchev–Trinajstić information content (AvgIpc) is 2.80. The summed E-state index contributed by atoms with van der Waals surface area (Å²) in [5.41, 5.74) is 8.03. The maximum absolute atomic E-state index is 5.93. The number of hydrogen-bond donors (Lipinski definition) is 2. The second kappa shape index (κ2) is 4.57. The van der Waals surface area contributed by atoms with Crippen LogP contribution in [0.15, 0.2) is 18.5 Å². The zero-order valence-corrected chi connectivity index (χ0v) is 10.6. The van der Waals surface area contributed by atoms with Crippen LogP contribution in [0.2, 0.25) is 0 Å². The van der Waals surface area contributed by atoms with Gasteiger partial charge in [0.05, 0.1) is 0 Å². The van der Waals surface area contributed by atoms with Crippen LogP contribution in [0.3, 0.4) is 0 Å². The highest BCUT2D eigenvalue weighted by molar-refractivity contribution is 5.51. The Bertz CT molecular complexity index is 539. The van der Waals surface area contributed by atoms with Gasteiger partial charge in [-0.05, 0) is 50.3 Å². The van der Waals surface area contributed by atoms with Gasteiger partial charge in [0.1, 0.15) is 12.1 Å². The van der Waals surface area contributed by atoms with Gasteiger partial charge >= 0.3 is 0 Å². The Morgan fingerprint density at radius 2 is 2.06 bits per heavy atom. The van der Waals surface area contributed by atoms with Crippen LogP contribution in [0.4, 0.5) is 5.82 Å². The van der Waals surface area contributed by atoms with Crippen LogP contribution >= 0.6 is 0 Å². The Labute approximate surface area is 106 Å². The zero-order valence-electron chi connectivity index (χ0n) is 10.6. The van der Waals surface area contributed by atoms with E-state index >= 15 is 0 Å². The summed E-state index contributed by atoms with van der Waals surface area (Å²) in [6.45, 7) is 2.08. The van der Waals surface area contributed by atoms with Gasteiger partial charge in [0, 0.05) is 12.1 Å². The molecule has 0 saturated heterocycles. The van der Waals surface area contributed by atoms with Crippen LogP contribution in [0.25, 0.3) is 5.65 Å². The highest BCUT2D eigenvalue weighted by Crippen LogP contribution is 2.22. The summed E-state index contributed by atoms with van der Waals surface area (Å²) < 4.78 is 1.86. The van der Waals surface area contributed by atoms with Crippen LogP contribution in [0.5, 0.6) is 0 Å². The van der Waals surface area contributed by atoms with E-state index in [0.29, 0.717) is 12.1 Å². The quantitative estimate of drug-likeness (QED) is 0.845. The van der Waals surface area contributed by atoms with E-state index in [-0.39, 0.29) is 0 Å². The maximum Gasteiger partial charge on any atom is 0.157 e. The number of pyridine rings is 1. The van der Waals surface area contributed by atoms with Crippen molar-refractivity contribution in [3.63, 3.8) is 0 Å². The second-order valence-corrected chi connectivity index (χ2v) is 5.20. The van der Waals surface area contributed by atoms with E-state index in [9.17, 15) is 0 Å². The molecule has 2 aromatic heterocycles. The molecule has 1 fully saturated rings. The fraction of sp³-hybridized carbons (Fsp3) is 0.538. The molecule has 1 saturated carbocycles. The molecule has 0 amide bonds. The van der Waals surface area contributed by atoms with Crippen molar-refractivity contribution in [2.75, 3.05) is 5.32 Å². The number of nitrogens with two attached hydrogens (primary N) is 1. The Morgan fingerprint density at radius 3 is 2.83 bits per heavy atom. The molecule has 3 N–H and O–H groups in total. The molecule has 96 valence electrons. The summed E-state index contributed by atoms with van der Waals surface area (Å²) >= 11 is 0. The molecule has 1 aliphatic rings. The van der Waals surface area contributed by atoms with E-state index in [1.165, 1.54) is 5.56 Å². The normalized spacial score (nSPS) is 24.3. The smallest absolute Gasteiger partial charge is 0.157 e. The van der Waals surface area contributed by atoms with Gasteiger partial charge in [0.2, 0.25) is 0 Å². The van der Waals surface area contributed by atoms with E-state index in [0.717, 1.165) is 37.1 Å². The predicted molar refractivity (Wildman–Crippen MR) is 71.6 cm³/mol. The lowest BCUT2D eigenvalue weighted by molar-refractivity contribution is 0.410. The molecule has 0 bridgehead atoms. The molecule has 0 unspecified atom stereocenters. The third kappa shape index (κ3) is 2.18. The summed E-state index contributed by atoms with van der Waals surface area (Å²) in [5.74, 6) is 1.03. The Balaban J connectivity index is 1.83. The standard InChI is InChI=1S/C13H19N5/c1-9-6-12-15-8-16-18(12)13(7-9)17-11-4-2-10(14)3-5-11/h6-8,10-11,17H,2-5,14H2,1H3. The lowest BCUT2D eigenvalue weighted by atomic mass is 9.92. The van der Waals surface area contributed by atoms with Gasteiger partial charge in [-0.15, -0.1) is 0 Å². The molecule has 0 radical (unpaired) electrons. The number of anilines is 1. The van der Waals surface area contributed by atoms with Crippen molar-refractivity contribution in [1.29, 1.82) is 0 Å². The summed E-state index contributed by atoms with van der Waals surface area (Å²) in [5, 5.41) is 7.83. The van der Waals surface area contributed by atoms with Crippen LogP contribution in [0, 0.1) is 6.92 Å². The minimum atomic E-state index is 0.381. The number of nitrogens with zero attached hydrogens (tertiary/aromatic N) is 3. The van der Waals surface area contributed by atoms with Crippen molar-refractivity contribution in [3.05, 3.63) is 24.0 Å². The molecule has 0 atom stereocenters. The Hall–Kier alpha value is -1.62. The molecule has 0 aliphatic heterocycles. The van der Waals surface area contributed by atoms with Gasteiger partial charge in [-0.2, -0.15) is 9.61 Å². The van der Waals surface area contributed by atoms with Crippen molar-refractivity contribution < 1.29 is 0 Å². The molecule has 3 rings (SSSR count). The number of aromatic nitrogens is 3. The van der Waals surface area contributed by atoms with E-state index < -0.39 is 0 Å². The van der Waals surface area contributed by atoms with E-state index in [4.69, 9.17) is 5.73 Å². The SMILES string of the molecule is Cc1cc(NC2CCC(N)CC2)n2ncnc2c1. The fourth-order valence-corrected chi connectivity index (χ4v) is 2.63. The third-order valence-electron chi connectivity index (χ3n) is 3.65. The monoisotopic (exact) mass is 245 g/mol. The van der Waals surface area contributed by atoms with Crippen LogP contribution in [-0.4, -0.2) is 26.7 Å². The molecule has 0 spiro atoms. The summed E-state index contributed by atoms with van der Waals surface area (Å²) in [4.78, 5) is 4.24.